The Morgan fingerprint density at radius 1 is 1.04 bits per heavy atom. The molecule has 130 valence electrons. The Kier molecular flexibility index (Phi) is 3.88. The number of urea groups is 1. The van der Waals surface area contributed by atoms with E-state index in [4.69, 9.17) is 0 Å². The maximum atomic E-state index is 12.4. The molecule has 0 spiro atoms. The van der Waals surface area contributed by atoms with Crippen molar-refractivity contribution in [2.75, 3.05) is 0 Å². The van der Waals surface area contributed by atoms with Gasteiger partial charge in [-0.05, 0) is 31.2 Å². The van der Waals surface area contributed by atoms with Crippen molar-refractivity contribution in [2.45, 2.75) is 16.7 Å². The van der Waals surface area contributed by atoms with Crippen molar-refractivity contribution in [1.29, 1.82) is 0 Å². The van der Waals surface area contributed by atoms with E-state index >= 15 is 0 Å². The molecule has 3 rings (SSSR count). The molecular weight excluding hydrogens is 368 g/mol. The lowest BCUT2D eigenvalue weighted by molar-refractivity contribution is 0.0896. The van der Waals surface area contributed by atoms with Crippen LogP contribution in [0.2, 0.25) is 0 Å². The van der Waals surface area contributed by atoms with E-state index < -0.39 is 32.0 Å². The number of carbonyl (C=O) groups is 2. The Hall–Kier alpha value is -2.72. The van der Waals surface area contributed by atoms with Gasteiger partial charge in [-0.25, -0.2) is 26.4 Å². The molecule has 2 aromatic rings. The third kappa shape index (κ3) is 2.79. The number of rotatable bonds is 2. The number of imide groups is 1. The lowest BCUT2D eigenvalue weighted by atomic mass is 10.2. The summed E-state index contributed by atoms with van der Waals surface area (Å²) < 4.78 is 50.7. The van der Waals surface area contributed by atoms with Crippen LogP contribution in [0.3, 0.4) is 0 Å². The van der Waals surface area contributed by atoms with Gasteiger partial charge in [0.25, 0.3) is 26.0 Å². The van der Waals surface area contributed by atoms with Gasteiger partial charge in [0.1, 0.15) is 4.90 Å². The quantitative estimate of drug-likeness (QED) is 0.837. The number of benzene rings is 2. The third-order valence-corrected chi connectivity index (χ3v) is 6.62. The highest BCUT2D eigenvalue weighted by molar-refractivity contribution is 7.92. The molecule has 0 saturated heterocycles. The summed E-state index contributed by atoms with van der Waals surface area (Å²) in [5, 5.41) is 0. The zero-order valence-corrected chi connectivity index (χ0v) is 14.5. The Morgan fingerprint density at radius 3 is 2.24 bits per heavy atom. The number of aryl methyl sites for hydroxylation is 1. The third-order valence-electron chi connectivity index (χ3n) is 3.56. The molecule has 25 heavy (non-hydrogen) atoms. The number of hydrogen-bond acceptors (Lipinski definition) is 6. The maximum absolute atomic E-state index is 12.4. The summed E-state index contributed by atoms with van der Waals surface area (Å²) in [7, 11) is -8.78. The number of carbonyl (C=O) groups excluding carboxylic acids is 2. The summed E-state index contributed by atoms with van der Waals surface area (Å²) in [6.07, 6.45) is 0. The zero-order chi connectivity index (χ0) is 18.4. The second kappa shape index (κ2) is 5.67. The van der Waals surface area contributed by atoms with Crippen LogP contribution in [-0.2, 0) is 20.0 Å². The van der Waals surface area contributed by atoms with E-state index in [-0.39, 0.29) is 19.7 Å². The van der Waals surface area contributed by atoms with Gasteiger partial charge in [-0.1, -0.05) is 29.8 Å². The number of sulfonamides is 2. The second-order valence-electron chi connectivity index (χ2n) is 5.29. The van der Waals surface area contributed by atoms with Crippen LogP contribution in [0.15, 0.2) is 58.3 Å². The summed E-state index contributed by atoms with van der Waals surface area (Å²) in [5.41, 5.74) is 0.614. The predicted octanol–water partition coefficient (Wildman–Crippen LogP) is 1.24. The van der Waals surface area contributed by atoms with E-state index in [0.717, 1.165) is 5.56 Å². The van der Waals surface area contributed by atoms with E-state index in [9.17, 15) is 26.4 Å². The topological polar surface area (TPSA) is 118 Å². The Labute approximate surface area is 144 Å². The smallest absolute Gasteiger partial charge is 0.267 e. The molecular formula is C15H12N2O6S2. The molecule has 8 nitrogen and oxygen atoms in total. The summed E-state index contributed by atoms with van der Waals surface area (Å²) >= 11 is 0. The maximum Gasteiger partial charge on any atom is 0.352 e. The molecule has 0 atom stereocenters. The van der Waals surface area contributed by atoms with Crippen LogP contribution >= 0.6 is 0 Å². The minimum absolute atomic E-state index is 0.0800. The van der Waals surface area contributed by atoms with E-state index in [1.54, 1.807) is 11.6 Å². The molecule has 0 radical (unpaired) electrons. The van der Waals surface area contributed by atoms with Crippen LogP contribution in [0, 0.1) is 6.92 Å². The summed E-state index contributed by atoms with van der Waals surface area (Å²) in [6, 6.07) is 9.27. The van der Waals surface area contributed by atoms with Crippen molar-refractivity contribution in [3.05, 3.63) is 59.7 Å². The molecule has 0 aliphatic carbocycles. The van der Waals surface area contributed by atoms with Crippen molar-refractivity contribution in [2.24, 2.45) is 0 Å². The van der Waals surface area contributed by atoms with Gasteiger partial charge in [-0.15, -0.1) is 4.31 Å². The van der Waals surface area contributed by atoms with Gasteiger partial charge in [-0.3, -0.25) is 4.79 Å². The number of fused-ring (bicyclic) bond motifs is 1. The van der Waals surface area contributed by atoms with E-state index in [0.29, 0.717) is 0 Å². The molecule has 10 heteroatoms. The van der Waals surface area contributed by atoms with E-state index in [1.807, 2.05) is 0 Å². The molecule has 2 aromatic carbocycles. The highest BCUT2D eigenvalue weighted by Gasteiger charge is 2.46. The molecule has 1 heterocycles. The first-order chi connectivity index (χ1) is 11.6. The minimum Gasteiger partial charge on any atom is -0.267 e. The van der Waals surface area contributed by atoms with Crippen LogP contribution in [0.4, 0.5) is 4.79 Å². The van der Waals surface area contributed by atoms with Crippen molar-refractivity contribution < 1.29 is 26.4 Å². The number of nitrogens with zero attached hydrogens (tertiary/aromatic N) is 1. The standard InChI is InChI=1S/C15H12N2O6S2/c1-10-6-8-11(9-7-10)24(20,21)16-15(19)17-14(18)12-4-2-3-5-13(12)25(17,22)23/h2-9H,1H3,(H,16,19). The molecule has 1 aliphatic rings. The van der Waals surface area contributed by atoms with Gasteiger partial charge in [-0.2, -0.15) is 0 Å². The highest BCUT2D eigenvalue weighted by atomic mass is 32.2. The fourth-order valence-corrected chi connectivity index (χ4v) is 4.77. The number of hydrogen-bond donors (Lipinski definition) is 1. The molecule has 1 N–H and O–H groups in total. The highest BCUT2D eigenvalue weighted by Crippen LogP contribution is 2.30. The normalized spacial score (nSPS) is 15.7. The average Bonchev–Trinajstić information content (AvgIpc) is 2.74. The SMILES string of the molecule is Cc1ccc(S(=O)(=O)NC(=O)N2C(=O)c3ccccc3S2(=O)=O)cc1. The predicted molar refractivity (Wildman–Crippen MR) is 86.7 cm³/mol. The van der Waals surface area contributed by atoms with Crippen LogP contribution in [-0.4, -0.2) is 33.1 Å². The molecule has 0 unspecified atom stereocenters. The van der Waals surface area contributed by atoms with Crippen molar-refractivity contribution >= 4 is 32.0 Å². The van der Waals surface area contributed by atoms with Gasteiger partial charge >= 0.3 is 6.03 Å². The van der Waals surface area contributed by atoms with Crippen LogP contribution in [0.5, 0.6) is 0 Å². The Morgan fingerprint density at radius 2 is 1.64 bits per heavy atom. The Bertz CT molecular complexity index is 1090. The molecule has 0 saturated carbocycles. The molecule has 1 aliphatic heterocycles. The van der Waals surface area contributed by atoms with Crippen LogP contribution < -0.4 is 4.72 Å². The summed E-state index contributed by atoms with van der Waals surface area (Å²) in [6.45, 7) is 1.75. The van der Waals surface area contributed by atoms with Gasteiger partial charge in [0.15, 0.2) is 0 Å². The van der Waals surface area contributed by atoms with Gasteiger partial charge in [0.2, 0.25) is 0 Å². The minimum atomic E-state index is -4.45. The lowest BCUT2D eigenvalue weighted by Crippen LogP contribution is -2.45. The van der Waals surface area contributed by atoms with Crippen molar-refractivity contribution in [1.82, 2.24) is 9.03 Å². The molecule has 0 aromatic heterocycles. The second-order valence-corrected chi connectivity index (χ2v) is 8.73. The van der Waals surface area contributed by atoms with E-state index in [1.165, 1.54) is 48.5 Å². The van der Waals surface area contributed by atoms with Gasteiger partial charge < -0.3 is 0 Å². The first-order valence-electron chi connectivity index (χ1n) is 6.97. The van der Waals surface area contributed by atoms with Crippen LogP contribution in [0.25, 0.3) is 0 Å². The number of nitrogens with one attached hydrogen (secondary N) is 1. The van der Waals surface area contributed by atoms with Gasteiger partial charge in [0.05, 0.1) is 10.5 Å². The largest absolute Gasteiger partial charge is 0.352 e. The lowest BCUT2D eigenvalue weighted by Gasteiger charge is -2.14. The zero-order valence-electron chi connectivity index (χ0n) is 12.8. The van der Waals surface area contributed by atoms with Crippen LogP contribution in [0.1, 0.15) is 15.9 Å². The average molecular weight is 380 g/mol. The summed E-state index contributed by atoms with van der Waals surface area (Å²) in [4.78, 5) is 23.9. The Balaban J connectivity index is 1.95. The van der Waals surface area contributed by atoms with Gasteiger partial charge in [0, 0.05) is 0 Å². The van der Waals surface area contributed by atoms with Crippen molar-refractivity contribution in [3.63, 3.8) is 0 Å². The number of amides is 3. The van der Waals surface area contributed by atoms with Crippen molar-refractivity contribution in [3.8, 4) is 0 Å². The molecule has 0 bridgehead atoms. The fourth-order valence-electron chi connectivity index (χ4n) is 2.32. The summed E-state index contributed by atoms with van der Waals surface area (Å²) in [5.74, 6) is -1.10. The monoisotopic (exact) mass is 380 g/mol. The van der Waals surface area contributed by atoms with E-state index in [2.05, 4.69) is 0 Å². The molecule has 0 fully saturated rings. The molecule has 3 amide bonds. The fraction of sp³-hybridized carbons (Fsp3) is 0.0667. The first-order valence-corrected chi connectivity index (χ1v) is 9.89. The first kappa shape index (κ1) is 17.1.